The highest BCUT2D eigenvalue weighted by atomic mass is 19.3. The minimum Gasteiger partial charge on any atom is -0.435 e. The number of ether oxygens (including phenoxy) is 1. The standard InChI is InChI=1S/C19H19F2N3O4/c1-10-8-14(11(2)22-10)15(25)9-24-16(26)19(3,23-18(24)27)12-4-6-13(7-5-12)28-17(20)21/h4-8,17,22H,9H2,1-3H3,(H,23,27). The van der Waals surface area contributed by atoms with Crippen LogP contribution in [0, 0.1) is 13.8 Å². The van der Waals surface area contributed by atoms with Crippen LogP contribution in [0.1, 0.15) is 34.2 Å². The van der Waals surface area contributed by atoms with E-state index in [1.807, 2.05) is 0 Å². The lowest BCUT2D eigenvalue weighted by Gasteiger charge is -2.22. The molecule has 1 aromatic carbocycles. The molecular weight excluding hydrogens is 372 g/mol. The van der Waals surface area contributed by atoms with Gasteiger partial charge in [-0.2, -0.15) is 8.78 Å². The summed E-state index contributed by atoms with van der Waals surface area (Å²) < 4.78 is 28.8. The van der Waals surface area contributed by atoms with E-state index in [2.05, 4.69) is 15.0 Å². The Labute approximate surface area is 159 Å². The maximum Gasteiger partial charge on any atom is 0.387 e. The quantitative estimate of drug-likeness (QED) is 0.585. The third-order valence-corrected chi connectivity index (χ3v) is 4.68. The van der Waals surface area contributed by atoms with E-state index in [0.717, 1.165) is 10.6 Å². The van der Waals surface area contributed by atoms with Crippen molar-refractivity contribution in [2.75, 3.05) is 6.54 Å². The van der Waals surface area contributed by atoms with Crippen molar-refractivity contribution < 1.29 is 27.9 Å². The summed E-state index contributed by atoms with van der Waals surface area (Å²) in [4.78, 5) is 41.6. The third-order valence-electron chi connectivity index (χ3n) is 4.68. The normalized spacial score (nSPS) is 19.3. The SMILES string of the molecule is Cc1cc(C(=O)CN2C(=O)NC(C)(c3ccc(OC(F)F)cc3)C2=O)c(C)[nH]1. The molecule has 1 aliphatic rings. The molecule has 3 rings (SSSR count). The molecular formula is C19H19F2N3O4. The summed E-state index contributed by atoms with van der Waals surface area (Å²) >= 11 is 0. The lowest BCUT2D eigenvalue weighted by atomic mass is 9.92. The van der Waals surface area contributed by atoms with Gasteiger partial charge < -0.3 is 15.0 Å². The zero-order valence-corrected chi connectivity index (χ0v) is 15.5. The van der Waals surface area contributed by atoms with Crippen LogP contribution < -0.4 is 10.1 Å². The maximum atomic E-state index is 12.9. The van der Waals surface area contributed by atoms with Crippen LogP contribution in [0.2, 0.25) is 0 Å². The van der Waals surface area contributed by atoms with Gasteiger partial charge >= 0.3 is 12.6 Å². The molecule has 0 bridgehead atoms. The number of hydrogen-bond acceptors (Lipinski definition) is 4. The van der Waals surface area contributed by atoms with Gasteiger partial charge in [0.2, 0.25) is 0 Å². The number of carbonyl (C=O) groups excluding carboxylic acids is 3. The number of rotatable bonds is 6. The number of aromatic amines is 1. The topological polar surface area (TPSA) is 91.5 Å². The Morgan fingerprint density at radius 3 is 2.39 bits per heavy atom. The summed E-state index contributed by atoms with van der Waals surface area (Å²) in [7, 11) is 0. The number of carbonyl (C=O) groups is 3. The molecule has 0 spiro atoms. The van der Waals surface area contributed by atoms with Crippen LogP contribution in [0.5, 0.6) is 5.75 Å². The fourth-order valence-corrected chi connectivity index (χ4v) is 3.25. The van der Waals surface area contributed by atoms with Gasteiger partial charge in [-0.3, -0.25) is 14.5 Å². The Balaban J connectivity index is 1.80. The highest BCUT2D eigenvalue weighted by Gasteiger charge is 2.49. The molecule has 1 unspecified atom stereocenters. The number of nitrogens with one attached hydrogen (secondary N) is 2. The van der Waals surface area contributed by atoms with Crippen molar-refractivity contribution in [2.24, 2.45) is 0 Å². The molecule has 1 fully saturated rings. The van der Waals surface area contributed by atoms with E-state index < -0.39 is 30.6 Å². The molecule has 1 saturated heterocycles. The van der Waals surface area contributed by atoms with Gasteiger partial charge in [0.25, 0.3) is 5.91 Å². The molecule has 2 heterocycles. The summed E-state index contributed by atoms with van der Waals surface area (Å²) in [6, 6.07) is 6.37. The van der Waals surface area contributed by atoms with E-state index in [-0.39, 0.29) is 11.5 Å². The highest BCUT2D eigenvalue weighted by molar-refractivity contribution is 6.11. The van der Waals surface area contributed by atoms with E-state index in [4.69, 9.17) is 0 Å². The fourth-order valence-electron chi connectivity index (χ4n) is 3.25. The Hall–Kier alpha value is -3.23. The van der Waals surface area contributed by atoms with Crippen LogP contribution in [0.4, 0.5) is 13.6 Å². The average Bonchev–Trinajstić information content (AvgIpc) is 3.06. The fraction of sp³-hybridized carbons (Fsp3) is 0.316. The number of aromatic nitrogens is 1. The van der Waals surface area contributed by atoms with Crippen molar-refractivity contribution in [2.45, 2.75) is 32.9 Å². The minimum atomic E-state index is -2.96. The first-order valence-electron chi connectivity index (χ1n) is 8.50. The number of nitrogens with zero attached hydrogens (tertiary/aromatic N) is 1. The van der Waals surface area contributed by atoms with Crippen LogP contribution in [0.3, 0.4) is 0 Å². The molecule has 1 aromatic heterocycles. The molecule has 2 aromatic rings. The number of hydrogen-bond donors (Lipinski definition) is 2. The largest absolute Gasteiger partial charge is 0.435 e. The number of amides is 3. The zero-order chi connectivity index (χ0) is 20.6. The number of ketones is 1. The lowest BCUT2D eigenvalue weighted by Crippen LogP contribution is -2.41. The second-order valence-corrected chi connectivity index (χ2v) is 6.76. The van der Waals surface area contributed by atoms with Crippen LogP contribution in [0.25, 0.3) is 0 Å². The highest BCUT2D eigenvalue weighted by Crippen LogP contribution is 2.30. The number of benzene rings is 1. The van der Waals surface area contributed by atoms with Crippen molar-refractivity contribution in [3.05, 3.63) is 52.8 Å². The first-order chi connectivity index (χ1) is 13.1. The molecule has 148 valence electrons. The average molecular weight is 391 g/mol. The number of alkyl halides is 2. The smallest absolute Gasteiger partial charge is 0.387 e. The van der Waals surface area contributed by atoms with Crippen molar-refractivity contribution in [3.63, 3.8) is 0 Å². The number of H-pyrrole nitrogens is 1. The number of halogens is 2. The molecule has 0 saturated carbocycles. The van der Waals surface area contributed by atoms with E-state index >= 15 is 0 Å². The second kappa shape index (κ2) is 7.06. The predicted octanol–water partition coefficient (Wildman–Crippen LogP) is 2.88. The van der Waals surface area contributed by atoms with Crippen LogP contribution >= 0.6 is 0 Å². The number of imide groups is 1. The summed E-state index contributed by atoms with van der Waals surface area (Å²) in [6.07, 6.45) is 0. The summed E-state index contributed by atoms with van der Waals surface area (Å²) in [6.45, 7) is 1.67. The molecule has 1 aliphatic heterocycles. The van der Waals surface area contributed by atoms with Gasteiger partial charge in [-0.25, -0.2) is 4.79 Å². The van der Waals surface area contributed by atoms with Crippen LogP contribution in [-0.4, -0.2) is 40.8 Å². The molecule has 7 nitrogen and oxygen atoms in total. The first kappa shape index (κ1) is 19.5. The van der Waals surface area contributed by atoms with Gasteiger partial charge in [-0.1, -0.05) is 12.1 Å². The monoisotopic (exact) mass is 391 g/mol. The van der Waals surface area contributed by atoms with Gasteiger partial charge in [0.05, 0.1) is 6.54 Å². The molecule has 28 heavy (non-hydrogen) atoms. The maximum absolute atomic E-state index is 12.9. The molecule has 9 heteroatoms. The zero-order valence-electron chi connectivity index (χ0n) is 15.5. The lowest BCUT2D eigenvalue weighted by molar-refractivity contribution is -0.130. The number of aryl methyl sites for hydroxylation is 2. The molecule has 0 aliphatic carbocycles. The van der Waals surface area contributed by atoms with Crippen molar-refractivity contribution in [1.82, 2.24) is 15.2 Å². The van der Waals surface area contributed by atoms with Gasteiger partial charge in [0, 0.05) is 17.0 Å². The predicted molar refractivity (Wildman–Crippen MR) is 95.3 cm³/mol. The van der Waals surface area contributed by atoms with Crippen molar-refractivity contribution in [1.29, 1.82) is 0 Å². The van der Waals surface area contributed by atoms with E-state index in [0.29, 0.717) is 16.8 Å². The minimum absolute atomic E-state index is 0.0653. The summed E-state index contributed by atoms with van der Waals surface area (Å²) in [5.74, 6) is -1.03. The van der Waals surface area contributed by atoms with Gasteiger partial charge in [-0.05, 0) is 44.5 Å². The molecule has 2 N–H and O–H groups in total. The third kappa shape index (κ3) is 3.47. The van der Waals surface area contributed by atoms with Crippen molar-refractivity contribution >= 4 is 17.7 Å². The van der Waals surface area contributed by atoms with E-state index in [1.54, 1.807) is 19.9 Å². The van der Waals surface area contributed by atoms with Crippen LogP contribution in [-0.2, 0) is 10.3 Å². The summed E-state index contributed by atoms with van der Waals surface area (Å²) in [5.41, 5.74) is 0.848. The Morgan fingerprint density at radius 2 is 1.86 bits per heavy atom. The molecule has 0 radical (unpaired) electrons. The molecule has 1 atom stereocenters. The van der Waals surface area contributed by atoms with Gasteiger partial charge in [0.1, 0.15) is 11.3 Å². The Kier molecular flexibility index (Phi) is 4.93. The Bertz CT molecular complexity index is 939. The number of urea groups is 1. The summed E-state index contributed by atoms with van der Waals surface area (Å²) in [5, 5.41) is 2.57. The second-order valence-electron chi connectivity index (χ2n) is 6.76. The van der Waals surface area contributed by atoms with E-state index in [1.165, 1.54) is 31.2 Å². The Morgan fingerprint density at radius 1 is 1.21 bits per heavy atom. The molecule has 3 amide bonds. The van der Waals surface area contributed by atoms with Crippen molar-refractivity contribution in [3.8, 4) is 5.75 Å². The van der Waals surface area contributed by atoms with E-state index in [9.17, 15) is 23.2 Å². The van der Waals surface area contributed by atoms with Gasteiger partial charge in [0.15, 0.2) is 5.78 Å². The van der Waals surface area contributed by atoms with Crippen LogP contribution in [0.15, 0.2) is 30.3 Å². The first-order valence-corrected chi connectivity index (χ1v) is 8.50. The number of Topliss-reactive ketones (excluding diaryl/α,β-unsaturated/α-hetero) is 1. The van der Waals surface area contributed by atoms with Gasteiger partial charge in [-0.15, -0.1) is 0 Å².